The number of carbonyl (C=O) groups excluding carboxylic acids is 1. The molecule has 2 aromatic carbocycles. The Morgan fingerprint density at radius 2 is 1.76 bits per heavy atom. The number of methoxy groups -OCH3 is 1. The van der Waals surface area contributed by atoms with E-state index < -0.39 is 12.6 Å². The molecule has 1 heterocycles. The fourth-order valence-electron chi connectivity index (χ4n) is 3.64. The van der Waals surface area contributed by atoms with Gasteiger partial charge in [0.2, 0.25) is 0 Å². The molecular weight excluding hydrogens is 374 g/mol. The highest BCUT2D eigenvalue weighted by Crippen LogP contribution is 2.38. The van der Waals surface area contributed by atoms with E-state index in [1.54, 1.807) is 6.07 Å². The van der Waals surface area contributed by atoms with Crippen LogP contribution in [0.4, 0.5) is 0 Å². The number of ether oxygens (including phenoxy) is 4. The van der Waals surface area contributed by atoms with Crippen molar-refractivity contribution >= 4 is 5.97 Å². The van der Waals surface area contributed by atoms with E-state index in [0.29, 0.717) is 24.7 Å². The molecule has 0 amide bonds. The molecule has 0 bridgehead atoms. The number of fused-ring (bicyclic) bond motifs is 1. The van der Waals surface area contributed by atoms with Gasteiger partial charge in [-0.1, -0.05) is 0 Å². The third-order valence-corrected chi connectivity index (χ3v) is 4.85. The molecule has 0 unspecified atom stereocenters. The Bertz CT molecular complexity index is 867. The second kappa shape index (κ2) is 9.52. The zero-order valence-corrected chi connectivity index (χ0v) is 17.0. The topological polar surface area (TPSA) is 93.7 Å². The molecule has 1 atom stereocenters. The van der Waals surface area contributed by atoms with Crippen molar-refractivity contribution in [2.24, 2.45) is 0 Å². The van der Waals surface area contributed by atoms with Gasteiger partial charge in [0.15, 0.2) is 23.0 Å². The van der Waals surface area contributed by atoms with E-state index in [9.17, 15) is 9.90 Å². The van der Waals surface area contributed by atoms with Crippen LogP contribution in [-0.2, 0) is 11.2 Å². The maximum atomic E-state index is 10.7. The highest BCUT2D eigenvalue weighted by atomic mass is 16.5. The van der Waals surface area contributed by atoms with E-state index in [1.165, 1.54) is 18.2 Å². The number of carboxylic acid groups (broad SMARTS) is 1. The molecule has 0 spiro atoms. The van der Waals surface area contributed by atoms with Crippen LogP contribution in [0.2, 0.25) is 0 Å². The lowest BCUT2D eigenvalue weighted by Gasteiger charge is -2.26. The van der Waals surface area contributed by atoms with Crippen LogP contribution in [0.3, 0.4) is 0 Å². The van der Waals surface area contributed by atoms with Crippen LogP contribution in [0.15, 0.2) is 30.3 Å². The largest absolute Gasteiger partial charge is 0.546 e. The van der Waals surface area contributed by atoms with Crippen molar-refractivity contribution in [2.75, 3.05) is 33.5 Å². The molecule has 0 aromatic heterocycles. The third-order valence-electron chi connectivity index (χ3n) is 4.85. The van der Waals surface area contributed by atoms with Crippen molar-refractivity contribution in [3.63, 3.8) is 0 Å². The molecule has 7 heteroatoms. The Morgan fingerprint density at radius 1 is 1.03 bits per heavy atom. The number of aliphatic carboxylic acids is 1. The number of carbonyl (C=O) groups is 1. The minimum absolute atomic E-state index is 0.0673. The number of rotatable bonds is 9. The molecule has 2 N–H and O–H groups in total. The first-order valence-electron chi connectivity index (χ1n) is 9.83. The van der Waals surface area contributed by atoms with Gasteiger partial charge in [-0.05, 0) is 49.7 Å². The Labute approximate surface area is 170 Å². The maximum absolute atomic E-state index is 10.7. The number of nitrogens with two attached hydrogens (primary N) is 1. The predicted molar refractivity (Wildman–Crippen MR) is 105 cm³/mol. The van der Waals surface area contributed by atoms with E-state index >= 15 is 0 Å². The lowest BCUT2D eigenvalue weighted by atomic mass is 9.89. The number of hydrogen-bond acceptors (Lipinski definition) is 6. The summed E-state index contributed by atoms with van der Waals surface area (Å²) < 4.78 is 22.3. The Kier molecular flexibility index (Phi) is 6.82. The molecule has 2 aromatic rings. The first-order chi connectivity index (χ1) is 14.1. The molecular formula is C22H27NO6. The monoisotopic (exact) mass is 401 g/mol. The summed E-state index contributed by atoms with van der Waals surface area (Å²) in [7, 11) is 1.53. The first-order valence-corrected chi connectivity index (χ1v) is 9.83. The van der Waals surface area contributed by atoms with Crippen molar-refractivity contribution < 1.29 is 34.2 Å². The highest BCUT2D eigenvalue weighted by Gasteiger charge is 2.28. The standard InChI is InChI=1S/C22H27NO6/c1-4-27-19-10-14-8-9-23-22(16(14)12-20(19)28-5-2)15-6-7-17(18(11-15)26-3)29-13-21(24)25/h6-7,10-12,22-23H,4-5,8-9,13H2,1-3H3,(H,24,25)/t22-/m1/s1. The summed E-state index contributed by atoms with van der Waals surface area (Å²) >= 11 is 0. The van der Waals surface area contributed by atoms with Crippen LogP contribution >= 0.6 is 0 Å². The summed E-state index contributed by atoms with van der Waals surface area (Å²) in [5, 5.41) is 13.0. The van der Waals surface area contributed by atoms with Gasteiger partial charge in [0, 0.05) is 17.5 Å². The average molecular weight is 401 g/mol. The molecule has 3 rings (SSSR count). The second-order valence-corrected chi connectivity index (χ2v) is 6.69. The molecule has 0 fully saturated rings. The molecule has 156 valence electrons. The highest BCUT2D eigenvalue weighted by molar-refractivity contribution is 5.66. The zero-order chi connectivity index (χ0) is 20.8. The van der Waals surface area contributed by atoms with E-state index in [1.807, 2.05) is 26.0 Å². The maximum Gasteiger partial charge on any atom is 0.161 e. The molecule has 0 saturated heterocycles. The summed E-state index contributed by atoms with van der Waals surface area (Å²) in [6, 6.07) is 9.77. The van der Waals surface area contributed by atoms with Crippen LogP contribution in [0, 0.1) is 0 Å². The van der Waals surface area contributed by atoms with Gasteiger partial charge in [-0.15, -0.1) is 0 Å². The predicted octanol–water partition coefficient (Wildman–Crippen LogP) is 0.830. The van der Waals surface area contributed by atoms with Gasteiger partial charge in [-0.2, -0.15) is 0 Å². The first kappa shape index (κ1) is 20.8. The minimum atomic E-state index is -1.28. The summed E-state index contributed by atoms with van der Waals surface area (Å²) in [6.07, 6.45) is 0.947. The summed E-state index contributed by atoms with van der Waals surface area (Å²) in [6.45, 7) is 5.48. The van der Waals surface area contributed by atoms with Crippen molar-refractivity contribution in [3.8, 4) is 23.0 Å². The van der Waals surface area contributed by atoms with Gasteiger partial charge in [0.1, 0.15) is 12.6 Å². The summed E-state index contributed by atoms with van der Waals surface area (Å²) in [5.74, 6) is 1.10. The summed E-state index contributed by atoms with van der Waals surface area (Å²) in [5.41, 5.74) is 3.45. The van der Waals surface area contributed by atoms with Gasteiger partial charge in [-0.3, -0.25) is 0 Å². The van der Waals surface area contributed by atoms with E-state index in [-0.39, 0.29) is 6.04 Å². The van der Waals surface area contributed by atoms with E-state index in [0.717, 1.165) is 30.0 Å². The number of carboxylic acids is 1. The van der Waals surface area contributed by atoms with Crippen LogP contribution in [0.5, 0.6) is 23.0 Å². The SMILES string of the molecule is CCOc1cc2c(cc1OCC)[C@@H](c1ccc(OCC(=O)[O-])c(OC)c1)[NH2+]CC2. The van der Waals surface area contributed by atoms with Gasteiger partial charge in [0.05, 0.1) is 32.8 Å². The fourth-order valence-corrected chi connectivity index (χ4v) is 3.64. The normalized spacial score (nSPS) is 15.3. The second-order valence-electron chi connectivity index (χ2n) is 6.69. The smallest absolute Gasteiger partial charge is 0.161 e. The molecule has 0 aliphatic carbocycles. The molecule has 7 nitrogen and oxygen atoms in total. The van der Waals surface area contributed by atoms with E-state index in [2.05, 4.69) is 17.4 Å². The number of hydrogen-bond donors (Lipinski definition) is 1. The van der Waals surface area contributed by atoms with Gasteiger partial charge in [-0.25, -0.2) is 0 Å². The molecule has 0 radical (unpaired) electrons. The van der Waals surface area contributed by atoms with Crippen LogP contribution in [0.1, 0.15) is 36.6 Å². The van der Waals surface area contributed by atoms with Crippen molar-refractivity contribution in [3.05, 3.63) is 47.0 Å². The van der Waals surface area contributed by atoms with Crippen LogP contribution < -0.4 is 29.4 Å². The number of benzene rings is 2. The van der Waals surface area contributed by atoms with Crippen LogP contribution in [-0.4, -0.2) is 39.4 Å². The average Bonchev–Trinajstić information content (AvgIpc) is 2.72. The zero-order valence-electron chi connectivity index (χ0n) is 17.0. The molecule has 1 aliphatic rings. The number of quaternary nitrogens is 1. The molecule has 1 aliphatic heterocycles. The quantitative estimate of drug-likeness (QED) is 0.669. The van der Waals surface area contributed by atoms with Gasteiger partial charge >= 0.3 is 0 Å². The van der Waals surface area contributed by atoms with E-state index in [4.69, 9.17) is 18.9 Å². The Hall–Kier alpha value is -2.93. The lowest BCUT2D eigenvalue weighted by Crippen LogP contribution is -2.87. The lowest BCUT2D eigenvalue weighted by molar-refractivity contribution is -0.690. The van der Waals surface area contributed by atoms with Gasteiger partial charge in [0.25, 0.3) is 0 Å². The van der Waals surface area contributed by atoms with Gasteiger partial charge < -0.3 is 34.2 Å². The minimum Gasteiger partial charge on any atom is -0.546 e. The third kappa shape index (κ3) is 4.74. The molecule has 29 heavy (non-hydrogen) atoms. The van der Waals surface area contributed by atoms with Crippen molar-refractivity contribution in [1.82, 2.24) is 0 Å². The van der Waals surface area contributed by atoms with Crippen molar-refractivity contribution in [2.45, 2.75) is 26.3 Å². The molecule has 0 saturated carbocycles. The fraction of sp³-hybridized carbons (Fsp3) is 0.409. The Morgan fingerprint density at radius 3 is 2.41 bits per heavy atom. The summed E-state index contributed by atoms with van der Waals surface area (Å²) in [4.78, 5) is 10.7. The Balaban J connectivity index is 1.97. The van der Waals surface area contributed by atoms with Crippen LogP contribution in [0.25, 0.3) is 0 Å². The van der Waals surface area contributed by atoms with Crippen molar-refractivity contribution in [1.29, 1.82) is 0 Å².